The summed E-state index contributed by atoms with van der Waals surface area (Å²) >= 11 is 0. The van der Waals surface area contributed by atoms with Gasteiger partial charge in [-0.15, -0.1) is 0 Å². The summed E-state index contributed by atoms with van der Waals surface area (Å²) in [6, 6.07) is 0.201. The van der Waals surface area contributed by atoms with Crippen LogP contribution in [-0.2, 0) is 4.79 Å². The number of unbranched alkanes of at least 4 members (excludes halogenated alkanes) is 4. The lowest BCUT2D eigenvalue weighted by Crippen LogP contribution is -2.56. The summed E-state index contributed by atoms with van der Waals surface area (Å²) in [7, 11) is 0. The van der Waals surface area contributed by atoms with Gasteiger partial charge in [-0.1, -0.05) is 32.6 Å². The van der Waals surface area contributed by atoms with Crippen LogP contribution in [0.15, 0.2) is 0 Å². The van der Waals surface area contributed by atoms with E-state index in [0.717, 1.165) is 26.1 Å². The summed E-state index contributed by atoms with van der Waals surface area (Å²) in [4.78, 5) is 14.0. The highest BCUT2D eigenvalue weighted by atomic mass is 16.2. The molecule has 1 aliphatic rings. The maximum atomic E-state index is 12.0. The fourth-order valence-corrected chi connectivity index (χ4v) is 2.32. The van der Waals surface area contributed by atoms with Gasteiger partial charge in [0, 0.05) is 32.6 Å². The summed E-state index contributed by atoms with van der Waals surface area (Å²) in [5, 5.41) is 3.28. The Morgan fingerprint density at radius 2 is 2.12 bits per heavy atom. The Bertz CT molecular complexity index is 221. The molecule has 1 rings (SSSR count). The Hall–Kier alpha value is -0.610. The van der Waals surface area contributed by atoms with Crippen LogP contribution in [0.1, 0.15) is 45.4 Å². The van der Waals surface area contributed by atoms with E-state index in [0.29, 0.717) is 18.9 Å². The fourth-order valence-electron chi connectivity index (χ4n) is 2.32. The summed E-state index contributed by atoms with van der Waals surface area (Å²) in [6.07, 6.45) is 6.69. The molecule has 17 heavy (non-hydrogen) atoms. The zero-order valence-corrected chi connectivity index (χ0v) is 11.1. The van der Waals surface area contributed by atoms with Gasteiger partial charge >= 0.3 is 0 Å². The van der Waals surface area contributed by atoms with Crippen LogP contribution >= 0.6 is 0 Å². The van der Waals surface area contributed by atoms with Crippen LogP contribution in [0.2, 0.25) is 0 Å². The minimum atomic E-state index is 0.201. The Balaban J connectivity index is 2.20. The van der Waals surface area contributed by atoms with Gasteiger partial charge in [-0.3, -0.25) is 4.79 Å². The molecule has 0 aromatic heterocycles. The first-order valence-electron chi connectivity index (χ1n) is 6.99. The lowest BCUT2D eigenvalue weighted by molar-refractivity contribution is -0.134. The third-order valence-electron chi connectivity index (χ3n) is 3.44. The van der Waals surface area contributed by atoms with Gasteiger partial charge in [0.25, 0.3) is 0 Å². The number of amides is 1. The minimum absolute atomic E-state index is 0.201. The predicted octanol–water partition coefficient (Wildman–Crippen LogP) is 1.11. The van der Waals surface area contributed by atoms with E-state index in [9.17, 15) is 4.79 Å². The molecule has 1 amide bonds. The van der Waals surface area contributed by atoms with Crippen LogP contribution in [0.25, 0.3) is 0 Å². The van der Waals surface area contributed by atoms with Crippen molar-refractivity contribution in [3.8, 4) is 0 Å². The summed E-state index contributed by atoms with van der Waals surface area (Å²) in [6.45, 7) is 5.33. The molecular weight excluding hydrogens is 214 g/mol. The van der Waals surface area contributed by atoms with E-state index < -0.39 is 0 Å². The summed E-state index contributed by atoms with van der Waals surface area (Å²) in [5.41, 5.74) is 5.69. The van der Waals surface area contributed by atoms with Gasteiger partial charge in [-0.2, -0.15) is 0 Å². The van der Waals surface area contributed by atoms with Crippen molar-refractivity contribution in [1.29, 1.82) is 0 Å². The average Bonchev–Trinajstić information content (AvgIpc) is 2.38. The van der Waals surface area contributed by atoms with Gasteiger partial charge in [0.15, 0.2) is 0 Å². The van der Waals surface area contributed by atoms with Crippen molar-refractivity contribution in [2.45, 2.75) is 51.5 Å². The van der Waals surface area contributed by atoms with Crippen molar-refractivity contribution in [2.75, 3.05) is 26.2 Å². The maximum absolute atomic E-state index is 12.0. The van der Waals surface area contributed by atoms with Crippen LogP contribution in [0.5, 0.6) is 0 Å². The molecule has 0 aromatic carbocycles. The molecule has 4 heteroatoms. The van der Waals surface area contributed by atoms with E-state index in [1.54, 1.807) is 0 Å². The molecule has 0 radical (unpaired) electrons. The van der Waals surface area contributed by atoms with Crippen molar-refractivity contribution in [3.63, 3.8) is 0 Å². The van der Waals surface area contributed by atoms with Crippen LogP contribution in [0.4, 0.5) is 0 Å². The molecule has 100 valence electrons. The van der Waals surface area contributed by atoms with Crippen LogP contribution in [0.3, 0.4) is 0 Å². The first kappa shape index (κ1) is 14.5. The van der Waals surface area contributed by atoms with Crippen molar-refractivity contribution in [1.82, 2.24) is 10.2 Å². The number of nitrogens with one attached hydrogen (secondary N) is 1. The van der Waals surface area contributed by atoms with Gasteiger partial charge < -0.3 is 16.0 Å². The molecule has 0 saturated carbocycles. The summed E-state index contributed by atoms with van der Waals surface area (Å²) < 4.78 is 0. The van der Waals surface area contributed by atoms with Gasteiger partial charge in [0.1, 0.15) is 0 Å². The van der Waals surface area contributed by atoms with E-state index >= 15 is 0 Å². The lowest BCUT2D eigenvalue weighted by atomic mass is 10.1. The Kier molecular flexibility index (Phi) is 7.21. The average molecular weight is 241 g/mol. The third-order valence-corrected chi connectivity index (χ3v) is 3.44. The molecule has 0 aliphatic carbocycles. The molecule has 1 aliphatic heterocycles. The normalized spacial score (nSPS) is 20.6. The Labute approximate surface area is 105 Å². The second kappa shape index (κ2) is 8.48. The molecular formula is C13H27N3O. The van der Waals surface area contributed by atoms with Crippen LogP contribution < -0.4 is 11.1 Å². The standard InChI is InChI=1S/C13H27N3O/c1-2-3-4-5-6-7-13(17)16-9-8-15-11-12(16)10-14/h12,15H,2-11,14H2,1H3. The van der Waals surface area contributed by atoms with Crippen LogP contribution in [-0.4, -0.2) is 43.0 Å². The molecule has 3 N–H and O–H groups in total. The maximum Gasteiger partial charge on any atom is 0.222 e. The molecule has 1 saturated heterocycles. The van der Waals surface area contributed by atoms with Crippen molar-refractivity contribution >= 4 is 5.91 Å². The largest absolute Gasteiger partial charge is 0.336 e. The number of piperazine rings is 1. The van der Waals surface area contributed by atoms with Gasteiger partial charge in [-0.25, -0.2) is 0 Å². The van der Waals surface area contributed by atoms with Gasteiger partial charge in [0.2, 0.25) is 5.91 Å². The quantitative estimate of drug-likeness (QED) is 0.656. The molecule has 1 unspecified atom stereocenters. The topological polar surface area (TPSA) is 58.4 Å². The van der Waals surface area contributed by atoms with E-state index in [-0.39, 0.29) is 6.04 Å². The molecule has 1 atom stereocenters. The SMILES string of the molecule is CCCCCCCC(=O)N1CCNCC1CN. The molecule has 4 nitrogen and oxygen atoms in total. The van der Waals surface area contributed by atoms with Crippen molar-refractivity contribution < 1.29 is 4.79 Å². The highest BCUT2D eigenvalue weighted by Crippen LogP contribution is 2.10. The van der Waals surface area contributed by atoms with Crippen LogP contribution in [0, 0.1) is 0 Å². The predicted molar refractivity (Wildman–Crippen MR) is 70.8 cm³/mol. The Morgan fingerprint density at radius 1 is 1.35 bits per heavy atom. The van der Waals surface area contributed by atoms with E-state index in [1.807, 2.05) is 4.90 Å². The first-order chi connectivity index (χ1) is 8.29. The second-order valence-electron chi connectivity index (χ2n) is 4.84. The highest BCUT2D eigenvalue weighted by molar-refractivity contribution is 5.76. The monoisotopic (exact) mass is 241 g/mol. The molecule has 0 aromatic rings. The number of carbonyl (C=O) groups excluding carboxylic acids is 1. The lowest BCUT2D eigenvalue weighted by Gasteiger charge is -2.35. The van der Waals surface area contributed by atoms with E-state index in [1.165, 1.54) is 25.7 Å². The van der Waals surface area contributed by atoms with E-state index in [4.69, 9.17) is 5.73 Å². The number of nitrogens with zero attached hydrogens (tertiary/aromatic N) is 1. The number of hydrogen-bond acceptors (Lipinski definition) is 3. The Morgan fingerprint density at radius 3 is 2.82 bits per heavy atom. The molecule has 0 spiro atoms. The number of nitrogens with two attached hydrogens (primary N) is 1. The van der Waals surface area contributed by atoms with E-state index in [2.05, 4.69) is 12.2 Å². The molecule has 1 fully saturated rings. The number of rotatable bonds is 7. The summed E-state index contributed by atoms with van der Waals surface area (Å²) in [5.74, 6) is 0.290. The fraction of sp³-hybridized carbons (Fsp3) is 0.923. The number of hydrogen-bond donors (Lipinski definition) is 2. The third kappa shape index (κ3) is 5.04. The molecule has 1 heterocycles. The van der Waals surface area contributed by atoms with Gasteiger partial charge in [-0.05, 0) is 6.42 Å². The zero-order chi connectivity index (χ0) is 12.5. The van der Waals surface area contributed by atoms with Crippen molar-refractivity contribution in [3.05, 3.63) is 0 Å². The second-order valence-corrected chi connectivity index (χ2v) is 4.84. The molecule has 0 bridgehead atoms. The number of carbonyl (C=O) groups is 1. The minimum Gasteiger partial charge on any atom is -0.336 e. The zero-order valence-electron chi connectivity index (χ0n) is 11.1. The smallest absolute Gasteiger partial charge is 0.222 e. The van der Waals surface area contributed by atoms with Crippen molar-refractivity contribution in [2.24, 2.45) is 5.73 Å². The first-order valence-corrected chi connectivity index (χ1v) is 6.99. The van der Waals surface area contributed by atoms with Gasteiger partial charge in [0.05, 0.1) is 6.04 Å². The highest BCUT2D eigenvalue weighted by Gasteiger charge is 2.24.